The summed E-state index contributed by atoms with van der Waals surface area (Å²) in [6.45, 7) is 8.37. The zero-order valence-corrected chi connectivity index (χ0v) is 15.9. The standard InChI is InChI=1S/C21H27NO3/c1-14-11-18(24-5)19(25-6)12-15(14)13-20(23)22-17-10-8-7-9-16(17)21(2,3)4/h7-12H,13H2,1-6H3,(H,22,23). The van der Waals surface area contributed by atoms with Crippen LogP contribution in [0.4, 0.5) is 5.69 Å². The number of ether oxygens (including phenoxy) is 2. The maximum absolute atomic E-state index is 12.6. The molecule has 0 spiro atoms. The van der Waals surface area contributed by atoms with E-state index < -0.39 is 0 Å². The summed E-state index contributed by atoms with van der Waals surface area (Å²) >= 11 is 0. The maximum Gasteiger partial charge on any atom is 0.228 e. The molecule has 0 unspecified atom stereocenters. The van der Waals surface area contributed by atoms with Gasteiger partial charge in [0.25, 0.3) is 0 Å². The van der Waals surface area contributed by atoms with Gasteiger partial charge in [0.1, 0.15) is 0 Å². The van der Waals surface area contributed by atoms with Gasteiger partial charge in [-0.3, -0.25) is 4.79 Å². The van der Waals surface area contributed by atoms with Crippen LogP contribution < -0.4 is 14.8 Å². The van der Waals surface area contributed by atoms with Crippen LogP contribution in [0, 0.1) is 6.92 Å². The Morgan fingerprint density at radius 3 is 2.24 bits per heavy atom. The van der Waals surface area contributed by atoms with Gasteiger partial charge < -0.3 is 14.8 Å². The average molecular weight is 341 g/mol. The number of aryl methyl sites for hydroxylation is 1. The van der Waals surface area contributed by atoms with Crippen molar-refractivity contribution in [2.75, 3.05) is 19.5 Å². The highest BCUT2D eigenvalue weighted by atomic mass is 16.5. The summed E-state index contributed by atoms with van der Waals surface area (Å²) in [4.78, 5) is 12.6. The van der Waals surface area contributed by atoms with Crippen molar-refractivity contribution in [3.8, 4) is 11.5 Å². The molecule has 0 saturated carbocycles. The fourth-order valence-electron chi connectivity index (χ4n) is 2.83. The van der Waals surface area contributed by atoms with E-state index in [1.807, 2.05) is 37.3 Å². The average Bonchev–Trinajstić information content (AvgIpc) is 2.55. The Balaban J connectivity index is 2.22. The van der Waals surface area contributed by atoms with Crippen molar-refractivity contribution in [1.29, 1.82) is 0 Å². The molecule has 1 N–H and O–H groups in total. The van der Waals surface area contributed by atoms with Gasteiger partial charge in [-0.25, -0.2) is 0 Å². The Morgan fingerprint density at radius 2 is 1.64 bits per heavy atom. The molecule has 0 bridgehead atoms. The molecule has 134 valence electrons. The van der Waals surface area contributed by atoms with E-state index >= 15 is 0 Å². The normalized spacial score (nSPS) is 11.1. The first-order valence-corrected chi connectivity index (χ1v) is 8.37. The number of nitrogens with one attached hydrogen (secondary N) is 1. The highest BCUT2D eigenvalue weighted by molar-refractivity contribution is 5.93. The predicted octanol–water partition coefficient (Wildman–Crippen LogP) is 4.49. The van der Waals surface area contributed by atoms with Gasteiger partial charge in [-0.2, -0.15) is 0 Å². The maximum atomic E-state index is 12.6. The van der Waals surface area contributed by atoms with Crippen LogP contribution in [0.5, 0.6) is 11.5 Å². The number of carbonyl (C=O) groups is 1. The van der Waals surface area contributed by atoms with Gasteiger partial charge in [0.2, 0.25) is 5.91 Å². The van der Waals surface area contributed by atoms with Gasteiger partial charge in [-0.05, 0) is 47.2 Å². The molecular formula is C21H27NO3. The second-order valence-electron chi connectivity index (χ2n) is 7.15. The van der Waals surface area contributed by atoms with Gasteiger partial charge in [0, 0.05) is 5.69 Å². The first-order chi connectivity index (χ1) is 11.8. The molecule has 2 rings (SSSR count). The minimum Gasteiger partial charge on any atom is -0.493 e. The van der Waals surface area contributed by atoms with E-state index in [2.05, 4.69) is 32.2 Å². The summed E-state index contributed by atoms with van der Waals surface area (Å²) in [5.41, 5.74) is 3.86. The van der Waals surface area contributed by atoms with Gasteiger partial charge in [-0.15, -0.1) is 0 Å². The summed E-state index contributed by atoms with van der Waals surface area (Å²) in [6, 6.07) is 11.7. The summed E-state index contributed by atoms with van der Waals surface area (Å²) in [5, 5.41) is 3.05. The molecule has 2 aromatic carbocycles. The fourth-order valence-corrected chi connectivity index (χ4v) is 2.83. The van der Waals surface area contributed by atoms with Crippen molar-refractivity contribution >= 4 is 11.6 Å². The second-order valence-corrected chi connectivity index (χ2v) is 7.15. The summed E-state index contributed by atoms with van der Waals surface area (Å²) < 4.78 is 10.6. The molecule has 0 aromatic heterocycles. The molecule has 2 aromatic rings. The van der Waals surface area contributed by atoms with Gasteiger partial charge in [0.05, 0.1) is 20.6 Å². The van der Waals surface area contributed by atoms with Gasteiger partial charge in [-0.1, -0.05) is 39.0 Å². The topological polar surface area (TPSA) is 47.6 Å². The largest absolute Gasteiger partial charge is 0.493 e. The van der Waals surface area contributed by atoms with Crippen molar-refractivity contribution in [2.24, 2.45) is 0 Å². The molecule has 0 saturated heterocycles. The second kappa shape index (κ2) is 7.60. The van der Waals surface area contributed by atoms with E-state index in [0.717, 1.165) is 22.4 Å². The number of hydrogen-bond acceptors (Lipinski definition) is 3. The molecule has 4 heteroatoms. The lowest BCUT2D eigenvalue weighted by Gasteiger charge is -2.23. The van der Waals surface area contributed by atoms with Crippen LogP contribution >= 0.6 is 0 Å². The molecule has 0 aliphatic carbocycles. The van der Waals surface area contributed by atoms with Crippen LogP contribution in [0.2, 0.25) is 0 Å². The number of para-hydroxylation sites is 1. The van der Waals surface area contributed by atoms with Gasteiger partial charge >= 0.3 is 0 Å². The zero-order valence-electron chi connectivity index (χ0n) is 15.9. The number of carbonyl (C=O) groups excluding carboxylic acids is 1. The molecule has 0 fully saturated rings. The minimum absolute atomic E-state index is 0.0386. The van der Waals surface area contributed by atoms with Crippen LogP contribution in [0.1, 0.15) is 37.5 Å². The third-order valence-electron chi connectivity index (χ3n) is 4.20. The zero-order chi connectivity index (χ0) is 18.6. The van der Waals surface area contributed by atoms with Crippen LogP contribution in [0.25, 0.3) is 0 Å². The Bertz CT molecular complexity index is 760. The molecule has 0 aliphatic rings. The number of amides is 1. The van der Waals surface area contributed by atoms with Crippen molar-refractivity contribution in [2.45, 2.75) is 39.5 Å². The SMILES string of the molecule is COc1cc(C)c(CC(=O)Nc2ccccc2C(C)(C)C)cc1OC. The summed E-state index contributed by atoms with van der Waals surface area (Å²) in [6.07, 6.45) is 0.282. The Morgan fingerprint density at radius 1 is 1.04 bits per heavy atom. The number of hydrogen-bond donors (Lipinski definition) is 1. The number of benzene rings is 2. The van der Waals surface area contributed by atoms with E-state index in [-0.39, 0.29) is 17.7 Å². The first kappa shape index (κ1) is 18.8. The molecule has 1 amide bonds. The van der Waals surface area contributed by atoms with Crippen LogP contribution in [0.15, 0.2) is 36.4 Å². The predicted molar refractivity (Wildman–Crippen MR) is 102 cm³/mol. The Hall–Kier alpha value is -2.49. The molecule has 25 heavy (non-hydrogen) atoms. The van der Waals surface area contributed by atoms with Gasteiger partial charge in [0.15, 0.2) is 11.5 Å². The lowest BCUT2D eigenvalue weighted by atomic mass is 9.86. The van der Waals surface area contributed by atoms with Crippen molar-refractivity contribution in [3.05, 3.63) is 53.1 Å². The fraction of sp³-hybridized carbons (Fsp3) is 0.381. The highest BCUT2D eigenvalue weighted by Gasteiger charge is 2.19. The van der Waals surface area contributed by atoms with Crippen molar-refractivity contribution in [3.63, 3.8) is 0 Å². The van der Waals surface area contributed by atoms with E-state index in [4.69, 9.17) is 9.47 Å². The molecule has 0 atom stereocenters. The molecular weight excluding hydrogens is 314 g/mol. The molecule has 4 nitrogen and oxygen atoms in total. The lowest BCUT2D eigenvalue weighted by molar-refractivity contribution is -0.115. The number of rotatable bonds is 5. The Labute approximate surface area is 150 Å². The quantitative estimate of drug-likeness (QED) is 0.871. The lowest BCUT2D eigenvalue weighted by Crippen LogP contribution is -2.20. The monoisotopic (exact) mass is 341 g/mol. The van der Waals surface area contributed by atoms with Crippen LogP contribution in [-0.2, 0) is 16.6 Å². The highest BCUT2D eigenvalue weighted by Crippen LogP contribution is 2.31. The third-order valence-corrected chi connectivity index (χ3v) is 4.20. The summed E-state index contributed by atoms with van der Waals surface area (Å²) in [7, 11) is 3.20. The van der Waals surface area contributed by atoms with Crippen LogP contribution in [0.3, 0.4) is 0 Å². The van der Waals surface area contributed by atoms with Crippen molar-refractivity contribution in [1.82, 2.24) is 0 Å². The van der Waals surface area contributed by atoms with E-state index in [0.29, 0.717) is 11.5 Å². The minimum atomic E-state index is -0.0491. The summed E-state index contributed by atoms with van der Waals surface area (Å²) in [5.74, 6) is 1.25. The molecule has 0 aliphatic heterocycles. The third kappa shape index (κ3) is 4.53. The first-order valence-electron chi connectivity index (χ1n) is 8.37. The number of methoxy groups -OCH3 is 2. The van der Waals surface area contributed by atoms with Crippen LogP contribution in [-0.4, -0.2) is 20.1 Å². The Kier molecular flexibility index (Phi) is 5.73. The van der Waals surface area contributed by atoms with E-state index in [9.17, 15) is 4.79 Å². The smallest absolute Gasteiger partial charge is 0.228 e. The van der Waals surface area contributed by atoms with E-state index in [1.165, 1.54) is 0 Å². The van der Waals surface area contributed by atoms with Crippen molar-refractivity contribution < 1.29 is 14.3 Å². The molecule has 0 radical (unpaired) electrons. The molecule has 0 heterocycles. The van der Waals surface area contributed by atoms with E-state index in [1.54, 1.807) is 14.2 Å². The number of anilines is 1.